The first-order valence-electron chi connectivity index (χ1n) is 7.24. The lowest BCUT2D eigenvalue weighted by Gasteiger charge is -2.15. The predicted molar refractivity (Wildman–Crippen MR) is 89.2 cm³/mol. The second-order valence-corrected chi connectivity index (χ2v) is 5.54. The minimum Gasteiger partial charge on any atom is -0.398 e. The third-order valence-electron chi connectivity index (χ3n) is 3.62. The number of benzene rings is 1. The molecule has 0 aliphatic heterocycles. The minimum absolute atomic E-state index is 0.123. The van der Waals surface area contributed by atoms with Crippen LogP contribution >= 0.6 is 0 Å². The molecule has 0 atom stereocenters. The zero-order valence-electron chi connectivity index (χ0n) is 13.2. The fraction of sp³-hybridized carbons (Fsp3) is 0.375. The van der Waals surface area contributed by atoms with Gasteiger partial charge in [0.2, 0.25) is 5.43 Å². The van der Waals surface area contributed by atoms with Crippen molar-refractivity contribution in [1.29, 1.82) is 0 Å². The van der Waals surface area contributed by atoms with Gasteiger partial charge in [-0.15, -0.1) is 0 Å². The van der Waals surface area contributed by atoms with Crippen molar-refractivity contribution in [2.24, 2.45) is 0 Å². The van der Waals surface area contributed by atoms with Crippen LogP contribution in [0.1, 0.15) is 16.8 Å². The van der Waals surface area contributed by atoms with Gasteiger partial charge in [0.1, 0.15) is 5.56 Å². The molecule has 0 bridgehead atoms. The largest absolute Gasteiger partial charge is 0.398 e. The maximum absolute atomic E-state index is 12.5. The summed E-state index contributed by atoms with van der Waals surface area (Å²) < 4.78 is 1.93. The second kappa shape index (κ2) is 6.62. The Morgan fingerprint density at radius 3 is 2.73 bits per heavy atom. The normalized spacial score (nSPS) is 11.1. The Kier molecular flexibility index (Phi) is 4.82. The lowest BCUT2D eigenvalue weighted by molar-refractivity contribution is 0.0961. The van der Waals surface area contributed by atoms with Crippen LogP contribution in [0.2, 0.25) is 0 Å². The summed E-state index contributed by atoms with van der Waals surface area (Å²) in [5.41, 5.74) is 6.92. The lowest BCUT2D eigenvalue weighted by atomic mass is 10.1. The van der Waals surface area contributed by atoms with Crippen LogP contribution in [-0.4, -0.2) is 43.1 Å². The van der Waals surface area contributed by atoms with Crippen molar-refractivity contribution in [3.8, 4) is 0 Å². The van der Waals surface area contributed by atoms with E-state index in [0.717, 1.165) is 18.5 Å². The number of nitrogens with two attached hydrogens (primary N) is 1. The molecular formula is C16H22N4O2. The second-order valence-electron chi connectivity index (χ2n) is 5.54. The molecule has 6 nitrogen and oxygen atoms in total. The lowest BCUT2D eigenvalue weighted by Crippen LogP contribution is -2.27. The predicted octanol–water partition coefficient (Wildman–Crippen LogP) is 0.895. The molecule has 2 rings (SSSR count). The Balaban J connectivity index is 2.59. The van der Waals surface area contributed by atoms with E-state index < -0.39 is 5.91 Å². The molecule has 0 aliphatic carbocycles. The smallest absolute Gasteiger partial charge is 0.256 e. The number of nitrogen functional groups attached to an aromatic ring is 1. The molecule has 1 aromatic carbocycles. The fourth-order valence-corrected chi connectivity index (χ4v) is 2.50. The van der Waals surface area contributed by atoms with E-state index in [-0.39, 0.29) is 11.0 Å². The molecule has 0 saturated carbocycles. The number of pyridine rings is 1. The maximum Gasteiger partial charge on any atom is 0.256 e. The molecule has 3 N–H and O–H groups in total. The number of carbonyl (C=O) groups excluding carboxylic acids is 1. The van der Waals surface area contributed by atoms with Gasteiger partial charge < -0.3 is 20.5 Å². The van der Waals surface area contributed by atoms with Gasteiger partial charge in [-0.05, 0) is 39.2 Å². The Labute approximate surface area is 129 Å². The van der Waals surface area contributed by atoms with Gasteiger partial charge >= 0.3 is 0 Å². The topological polar surface area (TPSA) is 80.4 Å². The summed E-state index contributed by atoms with van der Waals surface area (Å²) in [6.45, 7) is 1.63. The number of nitrogens with zero attached hydrogens (tertiary/aromatic N) is 2. The van der Waals surface area contributed by atoms with Crippen LogP contribution in [-0.2, 0) is 6.54 Å². The summed E-state index contributed by atoms with van der Waals surface area (Å²) in [5.74, 6) is -0.392. The van der Waals surface area contributed by atoms with Crippen molar-refractivity contribution in [2.45, 2.75) is 13.0 Å². The Morgan fingerprint density at radius 2 is 2.09 bits per heavy atom. The van der Waals surface area contributed by atoms with Gasteiger partial charge in [-0.25, -0.2) is 0 Å². The van der Waals surface area contributed by atoms with E-state index in [1.807, 2.05) is 30.8 Å². The fourth-order valence-electron chi connectivity index (χ4n) is 2.50. The summed E-state index contributed by atoms with van der Waals surface area (Å²) in [4.78, 5) is 26.6. The molecule has 1 amide bonds. The number of aryl methyl sites for hydroxylation is 1. The average molecular weight is 302 g/mol. The van der Waals surface area contributed by atoms with Crippen molar-refractivity contribution in [2.75, 3.05) is 33.4 Å². The van der Waals surface area contributed by atoms with Crippen LogP contribution in [0.15, 0.2) is 29.2 Å². The molecule has 0 spiro atoms. The third-order valence-corrected chi connectivity index (χ3v) is 3.62. The average Bonchev–Trinajstić information content (AvgIpc) is 2.48. The molecule has 0 fully saturated rings. The van der Waals surface area contributed by atoms with Crippen LogP contribution in [0.4, 0.5) is 5.69 Å². The molecule has 118 valence electrons. The van der Waals surface area contributed by atoms with Crippen molar-refractivity contribution in [3.63, 3.8) is 0 Å². The number of hydrogen-bond donors (Lipinski definition) is 2. The third kappa shape index (κ3) is 3.12. The van der Waals surface area contributed by atoms with E-state index in [9.17, 15) is 9.59 Å². The van der Waals surface area contributed by atoms with Crippen molar-refractivity contribution >= 4 is 22.5 Å². The number of rotatable bonds is 5. The summed E-state index contributed by atoms with van der Waals surface area (Å²) >= 11 is 0. The number of fused-ring (bicyclic) bond motifs is 1. The first-order chi connectivity index (χ1) is 10.5. The molecule has 0 radical (unpaired) electrons. The van der Waals surface area contributed by atoms with Gasteiger partial charge in [-0.1, -0.05) is 6.07 Å². The van der Waals surface area contributed by atoms with E-state index >= 15 is 0 Å². The summed E-state index contributed by atoms with van der Waals surface area (Å²) in [6.07, 6.45) is 2.53. The van der Waals surface area contributed by atoms with Gasteiger partial charge in [-0.2, -0.15) is 0 Å². The minimum atomic E-state index is -0.392. The van der Waals surface area contributed by atoms with Crippen molar-refractivity contribution < 1.29 is 4.79 Å². The van der Waals surface area contributed by atoms with Gasteiger partial charge in [0, 0.05) is 25.5 Å². The molecule has 0 aliphatic rings. The Hall–Kier alpha value is -2.34. The molecular weight excluding hydrogens is 280 g/mol. The highest BCUT2D eigenvalue weighted by Crippen LogP contribution is 2.18. The molecule has 1 heterocycles. The van der Waals surface area contributed by atoms with Crippen LogP contribution in [0, 0.1) is 0 Å². The SMILES string of the molecule is CNC(=O)c1cn(CCCN(C)C)c2cccc(N)c2c1=O. The zero-order chi connectivity index (χ0) is 16.3. The number of hydrogen-bond acceptors (Lipinski definition) is 4. The highest BCUT2D eigenvalue weighted by molar-refractivity contribution is 5.99. The van der Waals surface area contributed by atoms with E-state index in [0.29, 0.717) is 17.6 Å². The van der Waals surface area contributed by atoms with E-state index in [1.165, 1.54) is 7.05 Å². The molecule has 22 heavy (non-hydrogen) atoms. The Morgan fingerprint density at radius 1 is 1.36 bits per heavy atom. The standard InChI is InChI=1S/C16H22N4O2/c1-18-16(22)11-10-20(9-5-8-19(2)3)13-7-4-6-12(17)14(13)15(11)21/h4,6-7,10H,5,8-9,17H2,1-3H3,(H,18,22). The number of aromatic nitrogens is 1. The maximum atomic E-state index is 12.5. The molecule has 1 aromatic heterocycles. The van der Waals surface area contributed by atoms with Crippen LogP contribution in [0.5, 0.6) is 0 Å². The van der Waals surface area contributed by atoms with Crippen molar-refractivity contribution in [1.82, 2.24) is 14.8 Å². The van der Waals surface area contributed by atoms with Gasteiger partial charge in [0.25, 0.3) is 5.91 Å². The molecule has 0 unspecified atom stereocenters. The van der Waals surface area contributed by atoms with E-state index in [1.54, 1.807) is 12.3 Å². The number of nitrogens with one attached hydrogen (secondary N) is 1. The Bertz CT molecular complexity index is 750. The van der Waals surface area contributed by atoms with Gasteiger partial charge in [-0.3, -0.25) is 9.59 Å². The summed E-state index contributed by atoms with van der Waals surface area (Å²) in [6, 6.07) is 5.36. The highest BCUT2D eigenvalue weighted by Gasteiger charge is 2.15. The summed E-state index contributed by atoms with van der Waals surface area (Å²) in [7, 11) is 5.53. The highest BCUT2D eigenvalue weighted by atomic mass is 16.2. The van der Waals surface area contributed by atoms with Crippen LogP contribution in [0.3, 0.4) is 0 Å². The molecule has 0 saturated heterocycles. The van der Waals surface area contributed by atoms with Gasteiger partial charge in [0.05, 0.1) is 10.9 Å². The van der Waals surface area contributed by atoms with Gasteiger partial charge in [0.15, 0.2) is 0 Å². The van der Waals surface area contributed by atoms with Crippen molar-refractivity contribution in [3.05, 3.63) is 40.2 Å². The first kappa shape index (κ1) is 16.0. The van der Waals surface area contributed by atoms with Crippen LogP contribution in [0.25, 0.3) is 10.9 Å². The van der Waals surface area contributed by atoms with E-state index in [4.69, 9.17) is 5.73 Å². The van der Waals surface area contributed by atoms with Crippen LogP contribution < -0.4 is 16.5 Å². The first-order valence-corrected chi connectivity index (χ1v) is 7.24. The number of amides is 1. The monoisotopic (exact) mass is 302 g/mol. The molecule has 6 heteroatoms. The molecule has 2 aromatic rings. The van der Waals surface area contributed by atoms with E-state index in [2.05, 4.69) is 10.2 Å². The number of carbonyl (C=O) groups is 1. The zero-order valence-corrected chi connectivity index (χ0v) is 13.2. The summed E-state index contributed by atoms with van der Waals surface area (Å²) in [5, 5.41) is 2.92. The quantitative estimate of drug-likeness (QED) is 0.804. The number of anilines is 1.